The zero-order chi connectivity index (χ0) is 20.8. The molecule has 0 saturated carbocycles. The Kier molecular flexibility index (Phi) is 12.3. The molecular weight excluding hydrogens is 354 g/mol. The number of nitrogens with one attached hydrogen (secondary N) is 1. The molecule has 1 unspecified atom stereocenters. The molecule has 28 heavy (non-hydrogen) atoms. The largest absolute Gasteiger partial charge is 0.360 e. The quantitative estimate of drug-likeness (QED) is 0.401. The van der Waals surface area contributed by atoms with Crippen molar-refractivity contribution in [2.45, 2.75) is 104 Å². The topological polar surface area (TPSA) is 75.4 Å². The Hall–Kier alpha value is -1.85. The number of hydrogen-bond donors (Lipinski definition) is 1. The smallest absolute Gasteiger partial charge is 0.245 e. The van der Waals surface area contributed by atoms with Crippen LogP contribution in [0.5, 0.6) is 0 Å². The minimum atomic E-state index is -0.242. The standard InChI is InChI=1S/C22H39N3O3/c1-5-7-8-9-10-11-12-13-14-15-22(27)25(18(3)6-2)17-21(26)23-20-16-19(4)28-24-20/h16,18H,5-15,17H2,1-4H3,(H,23,24,26). The minimum Gasteiger partial charge on any atom is -0.360 e. The van der Waals surface area contributed by atoms with Crippen LogP contribution in [0.1, 0.15) is 97.2 Å². The first-order chi connectivity index (χ1) is 13.5. The van der Waals surface area contributed by atoms with E-state index < -0.39 is 0 Å². The van der Waals surface area contributed by atoms with Gasteiger partial charge < -0.3 is 14.7 Å². The minimum absolute atomic E-state index is 0.0378. The van der Waals surface area contributed by atoms with Gasteiger partial charge in [-0.15, -0.1) is 0 Å². The van der Waals surface area contributed by atoms with E-state index in [0.717, 1.165) is 19.3 Å². The molecule has 0 aliphatic rings. The van der Waals surface area contributed by atoms with Crippen molar-refractivity contribution < 1.29 is 14.1 Å². The lowest BCUT2D eigenvalue weighted by atomic mass is 10.1. The second-order valence-electron chi connectivity index (χ2n) is 7.73. The van der Waals surface area contributed by atoms with E-state index in [0.29, 0.717) is 18.0 Å². The van der Waals surface area contributed by atoms with E-state index in [-0.39, 0.29) is 24.4 Å². The molecule has 0 fully saturated rings. The maximum Gasteiger partial charge on any atom is 0.245 e. The highest BCUT2D eigenvalue weighted by Gasteiger charge is 2.21. The number of unbranched alkanes of at least 4 members (excludes halogenated alkanes) is 8. The molecule has 0 aromatic carbocycles. The molecule has 0 spiro atoms. The van der Waals surface area contributed by atoms with Crippen LogP contribution in [0, 0.1) is 6.92 Å². The number of carbonyl (C=O) groups excluding carboxylic acids is 2. The molecule has 1 aromatic heterocycles. The summed E-state index contributed by atoms with van der Waals surface area (Å²) in [6.45, 7) is 8.07. The summed E-state index contributed by atoms with van der Waals surface area (Å²) >= 11 is 0. The van der Waals surface area contributed by atoms with Crippen LogP contribution in [0.25, 0.3) is 0 Å². The Bertz CT molecular complexity index is 571. The SMILES string of the molecule is CCCCCCCCCCCC(=O)N(CC(=O)Nc1cc(C)on1)C(C)CC. The summed E-state index contributed by atoms with van der Waals surface area (Å²) in [5.41, 5.74) is 0. The number of aromatic nitrogens is 1. The van der Waals surface area contributed by atoms with Crippen LogP contribution < -0.4 is 5.32 Å². The van der Waals surface area contributed by atoms with Gasteiger partial charge in [-0.25, -0.2) is 0 Å². The fourth-order valence-electron chi connectivity index (χ4n) is 3.20. The summed E-state index contributed by atoms with van der Waals surface area (Å²) in [5, 5.41) is 6.46. The number of aryl methyl sites for hydroxylation is 1. The van der Waals surface area contributed by atoms with Crippen molar-refractivity contribution in [3.8, 4) is 0 Å². The molecule has 0 bridgehead atoms. The molecule has 1 atom stereocenters. The molecule has 0 aliphatic heterocycles. The van der Waals surface area contributed by atoms with Crippen molar-refractivity contribution >= 4 is 17.6 Å². The highest BCUT2D eigenvalue weighted by molar-refractivity contribution is 5.93. The first kappa shape index (κ1) is 24.2. The first-order valence-corrected chi connectivity index (χ1v) is 11.0. The molecule has 0 saturated heterocycles. The van der Waals surface area contributed by atoms with E-state index in [1.54, 1.807) is 17.9 Å². The van der Waals surface area contributed by atoms with Gasteiger partial charge in [0.25, 0.3) is 0 Å². The van der Waals surface area contributed by atoms with Crippen LogP contribution >= 0.6 is 0 Å². The number of anilines is 1. The average molecular weight is 394 g/mol. The third-order valence-corrected chi connectivity index (χ3v) is 5.15. The van der Waals surface area contributed by atoms with Crippen molar-refractivity contribution in [3.63, 3.8) is 0 Å². The monoisotopic (exact) mass is 393 g/mol. The lowest BCUT2D eigenvalue weighted by molar-refractivity contribution is -0.136. The van der Waals surface area contributed by atoms with Gasteiger partial charge in [0, 0.05) is 18.5 Å². The van der Waals surface area contributed by atoms with Crippen molar-refractivity contribution in [2.75, 3.05) is 11.9 Å². The zero-order valence-electron chi connectivity index (χ0n) is 18.3. The molecule has 6 nitrogen and oxygen atoms in total. The van der Waals surface area contributed by atoms with Crippen molar-refractivity contribution in [1.82, 2.24) is 10.1 Å². The summed E-state index contributed by atoms with van der Waals surface area (Å²) in [6.07, 6.45) is 12.3. The van der Waals surface area contributed by atoms with Gasteiger partial charge in [0.2, 0.25) is 11.8 Å². The highest BCUT2D eigenvalue weighted by atomic mass is 16.5. The Balaban J connectivity index is 2.32. The van der Waals surface area contributed by atoms with E-state index in [2.05, 4.69) is 17.4 Å². The van der Waals surface area contributed by atoms with Gasteiger partial charge in [-0.05, 0) is 26.7 Å². The normalized spacial score (nSPS) is 12.0. The van der Waals surface area contributed by atoms with Crippen LogP contribution in [0.3, 0.4) is 0 Å². The maximum atomic E-state index is 12.7. The molecule has 1 aromatic rings. The molecule has 0 aliphatic carbocycles. The van der Waals surface area contributed by atoms with Crippen molar-refractivity contribution in [2.24, 2.45) is 0 Å². The van der Waals surface area contributed by atoms with Gasteiger partial charge in [-0.2, -0.15) is 0 Å². The van der Waals surface area contributed by atoms with Crippen LogP contribution in [0.4, 0.5) is 5.82 Å². The molecule has 6 heteroatoms. The number of hydrogen-bond acceptors (Lipinski definition) is 4. The molecule has 160 valence electrons. The second kappa shape index (κ2) is 14.2. The van der Waals surface area contributed by atoms with Crippen LogP contribution in [-0.2, 0) is 9.59 Å². The van der Waals surface area contributed by atoms with E-state index in [9.17, 15) is 9.59 Å². The van der Waals surface area contributed by atoms with Gasteiger partial charge in [0.1, 0.15) is 12.3 Å². The molecule has 1 N–H and O–H groups in total. The van der Waals surface area contributed by atoms with Crippen LogP contribution in [0.15, 0.2) is 10.6 Å². The van der Waals surface area contributed by atoms with E-state index in [1.165, 1.54) is 44.9 Å². The fraction of sp³-hybridized carbons (Fsp3) is 0.773. The second-order valence-corrected chi connectivity index (χ2v) is 7.73. The Morgan fingerprint density at radius 3 is 2.21 bits per heavy atom. The summed E-state index contributed by atoms with van der Waals surface area (Å²) < 4.78 is 4.95. The summed E-state index contributed by atoms with van der Waals surface area (Å²) in [6, 6.07) is 1.70. The molecule has 1 heterocycles. The average Bonchev–Trinajstić information content (AvgIpc) is 3.08. The lowest BCUT2D eigenvalue weighted by Gasteiger charge is -2.28. The van der Waals surface area contributed by atoms with Crippen LogP contribution in [0.2, 0.25) is 0 Å². The van der Waals surface area contributed by atoms with Gasteiger partial charge in [-0.1, -0.05) is 70.4 Å². The Morgan fingerprint density at radius 1 is 1.07 bits per heavy atom. The van der Waals surface area contributed by atoms with E-state index in [4.69, 9.17) is 4.52 Å². The predicted molar refractivity (Wildman–Crippen MR) is 113 cm³/mol. The lowest BCUT2D eigenvalue weighted by Crippen LogP contribution is -2.43. The maximum absolute atomic E-state index is 12.7. The summed E-state index contributed by atoms with van der Waals surface area (Å²) in [7, 11) is 0. The zero-order valence-corrected chi connectivity index (χ0v) is 18.3. The third kappa shape index (κ3) is 9.90. The van der Waals surface area contributed by atoms with Gasteiger partial charge in [0.15, 0.2) is 5.82 Å². The van der Waals surface area contributed by atoms with Gasteiger partial charge in [-0.3, -0.25) is 9.59 Å². The number of carbonyl (C=O) groups is 2. The molecule has 1 rings (SSSR count). The number of rotatable bonds is 15. The predicted octanol–water partition coefficient (Wildman–Crippen LogP) is 5.47. The van der Waals surface area contributed by atoms with Crippen LogP contribution in [-0.4, -0.2) is 34.5 Å². The molecule has 2 amide bonds. The van der Waals surface area contributed by atoms with Gasteiger partial charge >= 0.3 is 0 Å². The summed E-state index contributed by atoms with van der Waals surface area (Å²) in [5.74, 6) is 0.839. The first-order valence-electron chi connectivity index (χ1n) is 11.0. The fourth-order valence-corrected chi connectivity index (χ4v) is 3.20. The van der Waals surface area contributed by atoms with E-state index >= 15 is 0 Å². The third-order valence-electron chi connectivity index (χ3n) is 5.15. The van der Waals surface area contributed by atoms with Crippen molar-refractivity contribution in [1.29, 1.82) is 0 Å². The summed E-state index contributed by atoms with van der Waals surface area (Å²) in [4.78, 5) is 26.6. The Labute approximate surface area is 170 Å². The number of nitrogens with zero attached hydrogens (tertiary/aromatic N) is 2. The Morgan fingerprint density at radius 2 is 1.68 bits per heavy atom. The molecule has 0 radical (unpaired) electrons. The van der Waals surface area contributed by atoms with E-state index in [1.807, 2.05) is 13.8 Å². The van der Waals surface area contributed by atoms with Gasteiger partial charge in [0.05, 0.1) is 0 Å². The number of amides is 2. The highest BCUT2D eigenvalue weighted by Crippen LogP contribution is 2.13. The van der Waals surface area contributed by atoms with Crippen molar-refractivity contribution in [3.05, 3.63) is 11.8 Å². The molecular formula is C22H39N3O3.